The van der Waals surface area contributed by atoms with E-state index in [0.29, 0.717) is 4.90 Å². The Bertz CT molecular complexity index is 427. The summed E-state index contributed by atoms with van der Waals surface area (Å²) in [5.74, 6) is -0.451. The molecule has 1 heterocycles. The normalized spacial score (nSPS) is 17.1. The molecule has 2 rings (SSSR count). The number of hydrogen-bond acceptors (Lipinski definition) is 2. The molecule has 1 atom stereocenters. The number of likely N-dealkylation sites (tertiary alicyclic amines) is 1. The number of nitrogens with zero attached hydrogens (tertiary/aromatic N) is 1. The highest BCUT2D eigenvalue weighted by atomic mass is 32.2. The minimum absolute atomic E-state index is 0.00830. The van der Waals surface area contributed by atoms with E-state index in [1.165, 1.54) is 24.3 Å². The van der Waals surface area contributed by atoms with Crippen LogP contribution < -0.4 is 0 Å². The molecule has 1 aromatic carbocycles. The number of halogens is 1. The largest absolute Gasteiger partial charge is 0.342 e. The topological polar surface area (TPSA) is 37.4 Å². The van der Waals surface area contributed by atoms with Crippen LogP contribution in [0.4, 0.5) is 4.39 Å². The molecule has 1 unspecified atom stereocenters. The fourth-order valence-electron chi connectivity index (χ4n) is 1.84. The van der Waals surface area contributed by atoms with E-state index in [1.54, 1.807) is 4.90 Å². The average molecular weight is 255 g/mol. The molecular weight excluding hydrogens is 241 g/mol. The molecule has 0 spiro atoms. The molecule has 3 nitrogen and oxygen atoms in total. The van der Waals surface area contributed by atoms with Gasteiger partial charge in [-0.25, -0.2) is 4.39 Å². The Morgan fingerprint density at radius 3 is 2.41 bits per heavy atom. The Balaban J connectivity index is 1.96. The summed E-state index contributed by atoms with van der Waals surface area (Å²) in [6.45, 7) is 1.53. The zero-order valence-electron chi connectivity index (χ0n) is 9.39. The van der Waals surface area contributed by atoms with Crippen LogP contribution >= 0.6 is 0 Å². The molecule has 0 saturated carbocycles. The van der Waals surface area contributed by atoms with Crippen LogP contribution in [0.1, 0.15) is 12.8 Å². The summed E-state index contributed by atoms with van der Waals surface area (Å²) in [7, 11) is -1.38. The number of rotatable bonds is 3. The van der Waals surface area contributed by atoms with Gasteiger partial charge < -0.3 is 4.90 Å². The second-order valence-electron chi connectivity index (χ2n) is 4.03. The predicted molar refractivity (Wildman–Crippen MR) is 63.5 cm³/mol. The Labute approximate surface area is 102 Å². The minimum Gasteiger partial charge on any atom is -0.342 e. The first-order valence-electron chi connectivity index (χ1n) is 5.58. The summed E-state index contributed by atoms with van der Waals surface area (Å²) in [4.78, 5) is 14.0. The van der Waals surface area contributed by atoms with Gasteiger partial charge in [0.1, 0.15) is 11.6 Å². The summed E-state index contributed by atoms with van der Waals surface area (Å²) in [6.07, 6.45) is 2.05. The lowest BCUT2D eigenvalue weighted by atomic mass is 10.4. The SMILES string of the molecule is O=C(CS(=O)c1ccc(F)cc1)N1CCCC1. The number of hydrogen-bond donors (Lipinski definition) is 0. The first-order chi connectivity index (χ1) is 8.16. The second kappa shape index (κ2) is 5.40. The summed E-state index contributed by atoms with van der Waals surface area (Å²) < 4.78 is 24.5. The van der Waals surface area contributed by atoms with E-state index in [-0.39, 0.29) is 17.5 Å². The van der Waals surface area contributed by atoms with Crippen molar-refractivity contribution in [3.05, 3.63) is 30.1 Å². The summed E-state index contributed by atoms with van der Waals surface area (Å²) in [5.41, 5.74) is 0. The van der Waals surface area contributed by atoms with Crippen LogP contribution in [-0.4, -0.2) is 33.9 Å². The third-order valence-corrected chi connectivity index (χ3v) is 4.10. The van der Waals surface area contributed by atoms with Gasteiger partial charge in [-0.2, -0.15) is 0 Å². The van der Waals surface area contributed by atoms with Crippen molar-refractivity contribution in [2.45, 2.75) is 17.7 Å². The number of carbonyl (C=O) groups is 1. The standard InChI is InChI=1S/C12H14FNO2S/c13-10-3-5-11(6-4-10)17(16)9-12(15)14-7-1-2-8-14/h3-6H,1-2,7-9H2. The van der Waals surface area contributed by atoms with Crippen molar-refractivity contribution in [3.8, 4) is 0 Å². The Morgan fingerprint density at radius 2 is 1.82 bits per heavy atom. The molecule has 1 aromatic rings. The van der Waals surface area contributed by atoms with Crippen LogP contribution in [0.2, 0.25) is 0 Å². The smallest absolute Gasteiger partial charge is 0.235 e. The molecule has 1 fully saturated rings. The first-order valence-corrected chi connectivity index (χ1v) is 6.90. The highest BCUT2D eigenvalue weighted by molar-refractivity contribution is 7.85. The van der Waals surface area contributed by atoms with Crippen molar-refractivity contribution in [1.82, 2.24) is 4.90 Å². The molecule has 0 aliphatic carbocycles. The van der Waals surface area contributed by atoms with Gasteiger partial charge in [0, 0.05) is 18.0 Å². The zero-order chi connectivity index (χ0) is 12.3. The second-order valence-corrected chi connectivity index (χ2v) is 5.48. The van der Waals surface area contributed by atoms with Gasteiger partial charge in [-0.05, 0) is 37.1 Å². The monoisotopic (exact) mass is 255 g/mol. The van der Waals surface area contributed by atoms with E-state index in [2.05, 4.69) is 0 Å². The summed E-state index contributed by atoms with van der Waals surface area (Å²) in [6, 6.07) is 5.44. The lowest BCUT2D eigenvalue weighted by Crippen LogP contribution is -2.31. The molecule has 1 saturated heterocycles. The van der Waals surface area contributed by atoms with Gasteiger partial charge in [-0.3, -0.25) is 9.00 Å². The van der Waals surface area contributed by atoms with Crippen molar-refractivity contribution in [2.75, 3.05) is 18.8 Å². The lowest BCUT2D eigenvalue weighted by molar-refractivity contribution is -0.127. The van der Waals surface area contributed by atoms with Gasteiger partial charge in [0.15, 0.2) is 0 Å². The van der Waals surface area contributed by atoms with Crippen LogP contribution in [0.3, 0.4) is 0 Å². The molecular formula is C12H14FNO2S. The van der Waals surface area contributed by atoms with Gasteiger partial charge in [0.25, 0.3) is 0 Å². The molecule has 0 N–H and O–H groups in total. The maximum atomic E-state index is 12.7. The maximum Gasteiger partial charge on any atom is 0.235 e. The Morgan fingerprint density at radius 1 is 1.24 bits per heavy atom. The van der Waals surface area contributed by atoms with Gasteiger partial charge in [0.2, 0.25) is 5.91 Å². The molecule has 5 heteroatoms. The molecule has 17 heavy (non-hydrogen) atoms. The molecule has 1 amide bonds. The van der Waals surface area contributed by atoms with Gasteiger partial charge in [-0.15, -0.1) is 0 Å². The first kappa shape index (κ1) is 12.2. The highest BCUT2D eigenvalue weighted by Gasteiger charge is 2.20. The van der Waals surface area contributed by atoms with Crippen LogP contribution in [-0.2, 0) is 15.6 Å². The maximum absolute atomic E-state index is 12.7. The van der Waals surface area contributed by atoms with Crippen molar-refractivity contribution < 1.29 is 13.4 Å². The van der Waals surface area contributed by atoms with E-state index in [9.17, 15) is 13.4 Å². The predicted octanol–water partition coefficient (Wildman–Crippen LogP) is 1.56. The zero-order valence-corrected chi connectivity index (χ0v) is 10.2. The van der Waals surface area contributed by atoms with E-state index in [4.69, 9.17) is 0 Å². The van der Waals surface area contributed by atoms with Crippen LogP contribution in [0.15, 0.2) is 29.2 Å². The van der Waals surface area contributed by atoms with Gasteiger partial charge >= 0.3 is 0 Å². The molecule has 1 aliphatic heterocycles. The molecule has 1 aliphatic rings. The van der Waals surface area contributed by atoms with E-state index in [0.717, 1.165) is 25.9 Å². The minimum atomic E-state index is -1.38. The highest BCUT2D eigenvalue weighted by Crippen LogP contribution is 2.11. The molecule has 0 radical (unpaired) electrons. The van der Waals surface area contributed by atoms with Gasteiger partial charge in [0.05, 0.1) is 10.8 Å². The van der Waals surface area contributed by atoms with Crippen molar-refractivity contribution in [1.29, 1.82) is 0 Å². The Hall–Kier alpha value is -1.23. The molecule has 92 valence electrons. The molecule has 0 bridgehead atoms. The fraction of sp³-hybridized carbons (Fsp3) is 0.417. The number of amides is 1. The molecule has 0 aromatic heterocycles. The van der Waals surface area contributed by atoms with Crippen molar-refractivity contribution >= 4 is 16.7 Å². The number of benzene rings is 1. The van der Waals surface area contributed by atoms with E-state index in [1.807, 2.05) is 0 Å². The van der Waals surface area contributed by atoms with Gasteiger partial charge in [-0.1, -0.05) is 0 Å². The van der Waals surface area contributed by atoms with Crippen LogP contribution in [0.5, 0.6) is 0 Å². The quantitative estimate of drug-likeness (QED) is 0.822. The summed E-state index contributed by atoms with van der Waals surface area (Å²) in [5, 5.41) is 0. The van der Waals surface area contributed by atoms with E-state index < -0.39 is 10.8 Å². The lowest BCUT2D eigenvalue weighted by Gasteiger charge is -2.14. The third kappa shape index (κ3) is 3.12. The van der Waals surface area contributed by atoms with Crippen LogP contribution in [0.25, 0.3) is 0 Å². The van der Waals surface area contributed by atoms with E-state index >= 15 is 0 Å². The summed E-state index contributed by atoms with van der Waals surface area (Å²) >= 11 is 0. The van der Waals surface area contributed by atoms with Crippen molar-refractivity contribution in [3.63, 3.8) is 0 Å². The average Bonchev–Trinajstić information content (AvgIpc) is 2.83. The third-order valence-electron chi connectivity index (χ3n) is 2.79. The van der Waals surface area contributed by atoms with Crippen molar-refractivity contribution in [2.24, 2.45) is 0 Å². The van der Waals surface area contributed by atoms with Crippen LogP contribution in [0, 0.1) is 5.82 Å². The Kier molecular flexibility index (Phi) is 3.89. The number of carbonyl (C=O) groups excluding carboxylic acids is 1. The fourth-order valence-corrected chi connectivity index (χ4v) is 2.85.